The lowest BCUT2D eigenvalue weighted by molar-refractivity contribution is 0.387. The van der Waals surface area contributed by atoms with Gasteiger partial charge in [0.1, 0.15) is 12.2 Å². The number of nitrogens with one attached hydrogen (secondary N) is 2. The number of aliphatic imine (C=N–C) groups is 1. The summed E-state index contributed by atoms with van der Waals surface area (Å²) in [4.78, 5) is 4.70. The lowest BCUT2D eigenvalue weighted by Crippen LogP contribution is -2.46. The number of hydrogen-bond acceptors (Lipinski definition) is 3. The van der Waals surface area contributed by atoms with Gasteiger partial charge in [-0.2, -0.15) is 0 Å². The molecule has 2 saturated carbocycles. The van der Waals surface area contributed by atoms with Crippen LogP contribution in [0.15, 0.2) is 11.3 Å². The van der Waals surface area contributed by atoms with Gasteiger partial charge in [0, 0.05) is 32.1 Å². The largest absolute Gasteiger partial charge is 0.355 e. The summed E-state index contributed by atoms with van der Waals surface area (Å²) in [7, 11) is 0. The zero-order chi connectivity index (χ0) is 16.1. The van der Waals surface area contributed by atoms with E-state index in [9.17, 15) is 0 Å². The van der Waals surface area contributed by atoms with Gasteiger partial charge in [-0.15, -0.1) is 10.2 Å². The van der Waals surface area contributed by atoms with Crippen molar-refractivity contribution < 1.29 is 0 Å². The molecule has 2 N–H and O–H groups in total. The number of guanidine groups is 1. The molecule has 2 aliphatic rings. The second-order valence-corrected chi connectivity index (χ2v) is 6.88. The van der Waals surface area contributed by atoms with Gasteiger partial charge in [-0.05, 0) is 37.5 Å². The Bertz CT molecular complexity index is 523. The molecule has 0 radical (unpaired) electrons. The third kappa shape index (κ3) is 4.03. The fourth-order valence-corrected chi connectivity index (χ4v) is 4.01. The van der Waals surface area contributed by atoms with Crippen molar-refractivity contribution in [1.29, 1.82) is 0 Å². The van der Waals surface area contributed by atoms with Crippen LogP contribution < -0.4 is 10.6 Å². The number of rotatable bonds is 7. The Labute approximate surface area is 139 Å². The number of nitrogens with zero attached hydrogens (tertiary/aromatic N) is 4. The lowest BCUT2D eigenvalue weighted by Gasteiger charge is -2.25. The van der Waals surface area contributed by atoms with Gasteiger partial charge >= 0.3 is 0 Å². The fourth-order valence-electron chi connectivity index (χ4n) is 4.01. The minimum atomic E-state index is 0.623. The maximum Gasteiger partial charge on any atom is 0.191 e. The lowest BCUT2D eigenvalue weighted by atomic mass is 9.95. The van der Waals surface area contributed by atoms with Crippen molar-refractivity contribution in [2.45, 2.75) is 65.0 Å². The van der Waals surface area contributed by atoms with Crippen molar-refractivity contribution in [3.05, 3.63) is 12.2 Å². The van der Waals surface area contributed by atoms with E-state index in [4.69, 9.17) is 4.99 Å². The normalized spacial score (nSPS) is 26.7. The molecule has 2 aliphatic carbocycles. The topological polar surface area (TPSA) is 67.1 Å². The highest BCUT2D eigenvalue weighted by Gasteiger charge is 2.39. The molecule has 6 nitrogen and oxygen atoms in total. The minimum absolute atomic E-state index is 0.623. The highest BCUT2D eigenvalue weighted by Crippen LogP contribution is 2.44. The highest BCUT2D eigenvalue weighted by molar-refractivity contribution is 5.80. The van der Waals surface area contributed by atoms with E-state index >= 15 is 0 Å². The Morgan fingerprint density at radius 1 is 1.35 bits per heavy atom. The van der Waals surface area contributed by atoms with Crippen LogP contribution in [0.5, 0.6) is 0 Å². The maximum atomic E-state index is 4.70. The van der Waals surface area contributed by atoms with E-state index in [0.717, 1.165) is 56.1 Å². The van der Waals surface area contributed by atoms with E-state index in [1.165, 1.54) is 25.7 Å². The Kier molecular flexibility index (Phi) is 5.51. The van der Waals surface area contributed by atoms with E-state index in [0.29, 0.717) is 6.04 Å². The molecule has 0 aromatic carbocycles. The first-order valence-corrected chi connectivity index (χ1v) is 9.21. The summed E-state index contributed by atoms with van der Waals surface area (Å²) in [5.41, 5.74) is 0. The zero-order valence-electron chi connectivity index (χ0n) is 14.5. The van der Waals surface area contributed by atoms with Crippen LogP contribution in [0, 0.1) is 11.8 Å². The second-order valence-electron chi connectivity index (χ2n) is 6.88. The van der Waals surface area contributed by atoms with Crippen molar-refractivity contribution in [2.24, 2.45) is 16.8 Å². The summed E-state index contributed by atoms with van der Waals surface area (Å²) in [6.07, 6.45) is 9.37. The van der Waals surface area contributed by atoms with E-state index in [1.54, 1.807) is 0 Å². The molecule has 0 aliphatic heterocycles. The quantitative estimate of drug-likeness (QED) is 0.596. The molecule has 2 bridgehead atoms. The van der Waals surface area contributed by atoms with E-state index < -0.39 is 0 Å². The molecule has 0 saturated heterocycles. The summed E-state index contributed by atoms with van der Waals surface area (Å²) in [6, 6.07) is 0.623. The van der Waals surface area contributed by atoms with Crippen LogP contribution >= 0.6 is 0 Å². The number of aryl methyl sites for hydroxylation is 1. The molecule has 6 heteroatoms. The molecule has 2 fully saturated rings. The van der Waals surface area contributed by atoms with Crippen molar-refractivity contribution in [2.75, 3.05) is 13.1 Å². The number of hydrogen-bond donors (Lipinski definition) is 2. The smallest absolute Gasteiger partial charge is 0.191 e. The Morgan fingerprint density at radius 2 is 2.26 bits per heavy atom. The zero-order valence-corrected chi connectivity index (χ0v) is 14.5. The molecular weight excluding hydrogens is 288 g/mol. The van der Waals surface area contributed by atoms with Crippen LogP contribution in [-0.4, -0.2) is 39.9 Å². The van der Waals surface area contributed by atoms with Crippen LogP contribution in [0.1, 0.15) is 51.8 Å². The molecule has 3 atom stereocenters. The molecule has 23 heavy (non-hydrogen) atoms. The van der Waals surface area contributed by atoms with Gasteiger partial charge in [-0.25, -0.2) is 0 Å². The van der Waals surface area contributed by atoms with Crippen molar-refractivity contribution >= 4 is 5.96 Å². The van der Waals surface area contributed by atoms with Gasteiger partial charge in [0.05, 0.1) is 0 Å². The molecule has 1 aromatic rings. The summed E-state index contributed by atoms with van der Waals surface area (Å²) < 4.78 is 2.11. The average Bonchev–Trinajstić information content (AvgIpc) is 3.28. The van der Waals surface area contributed by atoms with Crippen molar-refractivity contribution in [3.63, 3.8) is 0 Å². The van der Waals surface area contributed by atoms with E-state index in [2.05, 4.69) is 39.2 Å². The highest BCUT2D eigenvalue weighted by atomic mass is 15.3. The molecule has 0 spiro atoms. The Morgan fingerprint density at radius 3 is 2.96 bits per heavy atom. The van der Waals surface area contributed by atoms with Gasteiger partial charge in [0.2, 0.25) is 0 Å². The molecule has 128 valence electrons. The fraction of sp³-hybridized carbons (Fsp3) is 0.824. The number of fused-ring (bicyclic) bond motifs is 2. The van der Waals surface area contributed by atoms with Crippen LogP contribution in [0.4, 0.5) is 0 Å². The molecule has 0 amide bonds. The second kappa shape index (κ2) is 7.79. The first-order valence-electron chi connectivity index (χ1n) is 9.21. The van der Waals surface area contributed by atoms with Crippen LogP contribution in [0.3, 0.4) is 0 Å². The first kappa shape index (κ1) is 16.3. The molecular formula is C17H30N6. The summed E-state index contributed by atoms with van der Waals surface area (Å²) in [5, 5.41) is 15.3. The summed E-state index contributed by atoms with van der Waals surface area (Å²) >= 11 is 0. The summed E-state index contributed by atoms with van der Waals surface area (Å²) in [6.45, 7) is 6.88. The van der Waals surface area contributed by atoms with Crippen molar-refractivity contribution in [1.82, 2.24) is 25.4 Å². The standard InChI is InChI=1S/C17H30N6/c1-3-7-18-17(21-15-11-13-5-6-14(15)10-13)19-8-9-23-12-20-22-16(23)4-2/h12-15H,3-11H2,1-2H3,(H2,18,19,21). The first-order chi connectivity index (χ1) is 11.3. The van der Waals surface area contributed by atoms with Gasteiger partial charge in [0.15, 0.2) is 5.96 Å². The van der Waals surface area contributed by atoms with Crippen LogP contribution in [-0.2, 0) is 13.0 Å². The van der Waals surface area contributed by atoms with E-state index in [-0.39, 0.29) is 0 Å². The Hall–Kier alpha value is -1.59. The molecule has 3 rings (SSSR count). The van der Waals surface area contributed by atoms with E-state index in [1.807, 2.05) is 6.33 Å². The minimum Gasteiger partial charge on any atom is -0.355 e. The van der Waals surface area contributed by atoms with Crippen molar-refractivity contribution in [3.8, 4) is 0 Å². The Balaban J connectivity index is 1.50. The maximum absolute atomic E-state index is 4.70. The summed E-state index contributed by atoms with van der Waals surface area (Å²) in [5.74, 6) is 3.84. The van der Waals surface area contributed by atoms with Gasteiger partial charge < -0.3 is 15.2 Å². The SMILES string of the molecule is CCCN=C(NCCn1cnnc1CC)NC1CC2CCC1C2. The third-order valence-corrected chi connectivity index (χ3v) is 5.21. The predicted octanol–water partition coefficient (Wildman–Crippen LogP) is 1.97. The van der Waals surface area contributed by atoms with Gasteiger partial charge in [-0.1, -0.05) is 20.3 Å². The van der Waals surface area contributed by atoms with Crippen LogP contribution in [0.2, 0.25) is 0 Å². The monoisotopic (exact) mass is 318 g/mol. The van der Waals surface area contributed by atoms with Gasteiger partial charge in [0.25, 0.3) is 0 Å². The van der Waals surface area contributed by atoms with Crippen LogP contribution in [0.25, 0.3) is 0 Å². The third-order valence-electron chi connectivity index (χ3n) is 5.21. The van der Waals surface area contributed by atoms with Gasteiger partial charge in [-0.3, -0.25) is 4.99 Å². The molecule has 3 unspecified atom stereocenters. The predicted molar refractivity (Wildman–Crippen MR) is 92.4 cm³/mol. The average molecular weight is 318 g/mol. The molecule has 1 heterocycles. The molecule has 1 aromatic heterocycles. The number of aromatic nitrogens is 3.